The Morgan fingerprint density at radius 3 is 2.71 bits per heavy atom. The van der Waals surface area contributed by atoms with Crippen molar-refractivity contribution in [2.75, 3.05) is 0 Å². The summed E-state index contributed by atoms with van der Waals surface area (Å²) in [4.78, 5) is 11.2. The first-order chi connectivity index (χ1) is 6.65. The van der Waals surface area contributed by atoms with Gasteiger partial charge in [-0.15, -0.1) is 0 Å². The Morgan fingerprint density at radius 1 is 1.43 bits per heavy atom. The maximum Gasteiger partial charge on any atom is 0.274 e. The maximum absolute atomic E-state index is 11.2. The number of thiocarbonyl (C=S) groups is 1. The number of carbonyl (C=O) groups excluding carboxylic acids is 1. The van der Waals surface area contributed by atoms with Crippen LogP contribution in [0.5, 0.6) is 0 Å². The number of hydrogen-bond donors (Lipinski definition) is 2. The Morgan fingerprint density at radius 2 is 2.21 bits per heavy atom. The van der Waals surface area contributed by atoms with Crippen LogP contribution in [0.2, 0.25) is 0 Å². The molecule has 1 fully saturated rings. The van der Waals surface area contributed by atoms with E-state index in [0.717, 1.165) is 5.76 Å². The van der Waals surface area contributed by atoms with Crippen molar-refractivity contribution in [2.45, 2.75) is 6.92 Å². The fourth-order valence-corrected chi connectivity index (χ4v) is 1.36. The summed E-state index contributed by atoms with van der Waals surface area (Å²) in [7, 11) is 0. The van der Waals surface area contributed by atoms with Crippen LogP contribution >= 0.6 is 12.2 Å². The first-order valence-electron chi connectivity index (χ1n) is 4.05. The molecule has 2 rings (SSSR count). The molecule has 0 aliphatic carbocycles. The third kappa shape index (κ3) is 1.67. The van der Waals surface area contributed by atoms with Crippen LogP contribution in [0.3, 0.4) is 0 Å². The van der Waals surface area contributed by atoms with Crippen LogP contribution < -0.4 is 10.6 Å². The first-order valence-corrected chi connectivity index (χ1v) is 4.46. The number of hydrogen-bond acceptors (Lipinski definition) is 3. The van der Waals surface area contributed by atoms with E-state index in [1.807, 2.05) is 13.0 Å². The minimum absolute atomic E-state index is 0.232. The van der Waals surface area contributed by atoms with E-state index in [-0.39, 0.29) is 5.91 Å². The van der Waals surface area contributed by atoms with Crippen LogP contribution in [0.1, 0.15) is 11.5 Å². The molecule has 0 unspecified atom stereocenters. The average molecular weight is 208 g/mol. The zero-order chi connectivity index (χ0) is 10.1. The molecule has 1 aromatic heterocycles. The summed E-state index contributed by atoms with van der Waals surface area (Å²) in [5.74, 6) is 1.20. The van der Waals surface area contributed by atoms with Gasteiger partial charge < -0.3 is 9.73 Å². The number of aryl methyl sites for hydroxylation is 1. The van der Waals surface area contributed by atoms with Crippen LogP contribution in [-0.4, -0.2) is 11.0 Å². The van der Waals surface area contributed by atoms with E-state index >= 15 is 0 Å². The highest BCUT2D eigenvalue weighted by Gasteiger charge is 2.20. The highest BCUT2D eigenvalue weighted by molar-refractivity contribution is 7.80. The van der Waals surface area contributed by atoms with E-state index in [0.29, 0.717) is 16.6 Å². The van der Waals surface area contributed by atoms with Crippen molar-refractivity contribution < 1.29 is 9.21 Å². The molecule has 0 radical (unpaired) electrons. The van der Waals surface area contributed by atoms with Gasteiger partial charge in [0.25, 0.3) is 5.91 Å². The Labute approximate surface area is 86.0 Å². The number of nitrogens with one attached hydrogen (secondary N) is 2. The fourth-order valence-electron chi connectivity index (χ4n) is 1.16. The Hall–Kier alpha value is -1.62. The molecule has 0 spiro atoms. The van der Waals surface area contributed by atoms with Gasteiger partial charge in [0.1, 0.15) is 17.2 Å². The van der Waals surface area contributed by atoms with E-state index in [9.17, 15) is 4.79 Å². The van der Waals surface area contributed by atoms with Crippen molar-refractivity contribution in [3.63, 3.8) is 0 Å². The van der Waals surface area contributed by atoms with Crippen molar-refractivity contribution in [1.82, 2.24) is 10.6 Å². The predicted molar refractivity (Wildman–Crippen MR) is 55.3 cm³/mol. The lowest BCUT2D eigenvalue weighted by molar-refractivity contribution is -0.115. The summed E-state index contributed by atoms with van der Waals surface area (Å²) in [6, 6.07) is 3.62. The fraction of sp³-hybridized carbons (Fsp3) is 0.111. The summed E-state index contributed by atoms with van der Waals surface area (Å²) >= 11 is 4.78. The normalized spacial score (nSPS) is 18.5. The van der Waals surface area contributed by atoms with Crippen LogP contribution in [0.4, 0.5) is 0 Å². The van der Waals surface area contributed by atoms with Crippen LogP contribution in [0.25, 0.3) is 6.08 Å². The molecule has 72 valence electrons. The average Bonchev–Trinajstić information content (AvgIpc) is 2.61. The molecule has 0 atom stereocenters. The molecule has 1 aromatic rings. The molecule has 2 heterocycles. The molecule has 0 bridgehead atoms. The lowest BCUT2D eigenvalue weighted by Crippen LogP contribution is -2.21. The summed E-state index contributed by atoms with van der Waals surface area (Å²) in [6.07, 6.45) is 1.61. The smallest absolute Gasteiger partial charge is 0.274 e. The number of furan rings is 1. The second-order valence-electron chi connectivity index (χ2n) is 2.91. The molecular formula is C9H8N2O2S. The SMILES string of the molecule is Cc1ccc(/C=C2\NC(=S)NC2=O)o1. The number of amides is 1. The molecule has 2 N–H and O–H groups in total. The Balaban J connectivity index is 2.27. The summed E-state index contributed by atoms with van der Waals surface area (Å²) < 4.78 is 5.29. The van der Waals surface area contributed by atoms with Gasteiger partial charge >= 0.3 is 0 Å². The molecule has 0 aromatic carbocycles. The monoisotopic (exact) mass is 208 g/mol. The van der Waals surface area contributed by atoms with E-state index in [1.165, 1.54) is 0 Å². The molecule has 5 heteroatoms. The van der Waals surface area contributed by atoms with Gasteiger partial charge in [-0.1, -0.05) is 0 Å². The Bertz CT molecular complexity index is 434. The molecule has 4 nitrogen and oxygen atoms in total. The van der Waals surface area contributed by atoms with E-state index < -0.39 is 0 Å². The van der Waals surface area contributed by atoms with Gasteiger partial charge in [0.2, 0.25) is 0 Å². The van der Waals surface area contributed by atoms with E-state index in [4.69, 9.17) is 16.6 Å². The third-order valence-corrected chi connectivity index (χ3v) is 1.97. The molecule has 14 heavy (non-hydrogen) atoms. The van der Waals surface area contributed by atoms with Crippen LogP contribution in [0, 0.1) is 6.92 Å². The highest BCUT2D eigenvalue weighted by Crippen LogP contribution is 2.11. The lowest BCUT2D eigenvalue weighted by atomic mass is 10.3. The molecule has 1 amide bonds. The molecule has 1 aliphatic heterocycles. The van der Waals surface area contributed by atoms with Gasteiger partial charge in [-0.25, -0.2) is 0 Å². The third-order valence-electron chi connectivity index (χ3n) is 1.77. The zero-order valence-electron chi connectivity index (χ0n) is 7.46. The number of rotatable bonds is 1. The van der Waals surface area contributed by atoms with Gasteiger partial charge in [-0.2, -0.15) is 0 Å². The van der Waals surface area contributed by atoms with Crippen molar-refractivity contribution in [2.24, 2.45) is 0 Å². The molecule has 1 aliphatic rings. The second-order valence-corrected chi connectivity index (χ2v) is 3.32. The van der Waals surface area contributed by atoms with Gasteiger partial charge in [-0.3, -0.25) is 10.1 Å². The van der Waals surface area contributed by atoms with Gasteiger partial charge in [0.15, 0.2) is 5.11 Å². The summed E-state index contributed by atoms with van der Waals surface area (Å²) in [6.45, 7) is 1.84. The minimum atomic E-state index is -0.232. The standard InChI is InChI=1S/C9H8N2O2S/c1-5-2-3-6(13-5)4-7-8(12)11-9(14)10-7/h2-4H,1H3,(H2,10,11,12,14)/b7-4-. The second kappa shape index (κ2) is 3.26. The summed E-state index contributed by atoms with van der Waals surface area (Å²) in [5, 5.41) is 5.52. The largest absolute Gasteiger partial charge is 0.462 e. The van der Waals surface area contributed by atoms with Crippen molar-refractivity contribution >= 4 is 29.3 Å². The van der Waals surface area contributed by atoms with Gasteiger partial charge in [0.05, 0.1) is 0 Å². The van der Waals surface area contributed by atoms with E-state index in [1.54, 1.807) is 12.1 Å². The molecular weight excluding hydrogens is 200 g/mol. The highest BCUT2D eigenvalue weighted by atomic mass is 32.1. The zero-order valence-corrected chi connectivity index (χ0v) is 8.27. The van der Waals surface area contributed by atoms with Crippen molar-refractivity contribution in [1.29, 1.82) is 0 Å². The van der Waals surface area contributed by atoms with Crippen molar-refractivity contribution in [3.05, 3.63) is 29.4 Å². The lowest BCUT2D eigenvalue weighted by Gasteiger charge is -1.91. The Kier molecular flexibility index (Phi) is 2.09. The summed E-state index contributed by atoms with van der Waals surface area (Å²) in [5.41, 5.74) is 0.407. The molecule has 1 saturated heterocycles. The first kappa shape index (κ1) is 8.96. The van der Waals surface area contributed by atoms with Gasteiger partial charge in [0, 0.05) is 6.08 Å². The minimum Gasteiger partial charge on any atom is -0.462 e. The number of carbonyl (C=O) groups is 1. The van der Waals surface area contributed by atoms with Gasteiger partial charge in [-0.05, 0) is 31.3 Å². The molecule has 0 saturated carbocycles. The maximum atomic E-state index is 11.2. The van der Waals surface area contributed by atoms with Crippen LogP contribution in [0.15, 0.2) is 22.2 Å². The van der Waals surface area contributed by atoms with Crippen molar-refractivity contribution in [3.8, 4) is 0 Å². The van der Waals surface area contributed by atoms with E-state index in [2.05, 4.69) is 10.6 Å². The predicted octanol–water partition coefficient (Wildman–Crippen LogP) is 0.933. The quantitative estimate of drug-likeness (QED) is 0.532. The topological polar surface area (TPSA) is 54.3 Å². The van der Waals surface area contributed by atoms with Crippen LogP contribution in [-0.2, 0) is 4.79 Å².